The number of benzene rings is 1. The average molecular weight is 309 g/mol. The number of anilines is 1. The van der Waals surface area contributed by atoms with Gasteiger partial charge in [0, 0.05) is 19.3 Å². The maximum atomic E-state index is 12.8. The van der Waals surface area contributed by atoms with Crippen LogP contribution in [0, 0.1) is 5.82 Å². The van der Waals surface area contributed by atoms with Crippen molar-refractivity contribution in [2.24, 2.45) is 0 Å². The van der Waals surface area contributed by atoms with Crippen LogP contribution < -0.4 is 10.0 Å². The lowest BCUT2D eigenvalue weighted by Gasteiger charge is -2.11. The molecule has 112 valence electrons. The van der Waals surface area contributed by atoms with Gasteiger partial charge in [-0.15, -0.1) is 0 Å². The van der Waals surface area contributed by atoms with Crippen LogP contribution in [-0.2, 0) is 16.6 Å². The molecular weight excluding hydrogens is 293 g/mol. The molecule has 0 unspecified atom stereocenters. The van der Waals surface area contributed by atoms with Crippen LogP contribution in [0.25, 0.3) is 0 Å². The Morgan fingerprint density at radius 3 is 2.57 bits per heavy atom. The lowest BCUT2D eigenvalue weighted by molar-refractivity contribution is 0.581. The van der Waals surface area contributed by atoms with Gasteiger partial charge in [0.1, 0.15) is 16.5 Å². The fraction of sp³-hybridized carbons (Fsp3) is 0.214. The summed E-state index contributed by atoms with van der Waals surface area (Å²) in [6, 6.07) is 8.69. The van der Waals surface area contributed by atoms with Crippen molar-refractivity contribution in [3.05, 3.63) is 54.0 Å². The van der Waals surface area contributed by atoms with E-state index in [-0.39, 0.29) is 17.3 Å². The van der Waals surface area contributed by atoms with Gasteiger partial charge >= 0.3 is 0 Å². The van der Waals surface area contributed by atoms with E-state index in [4.69, 9.17) is 0 Å². The average Bonchev–Trinajstić information content (AvgIpc) is 2.47. The van der Waals surface area contributed by atoms with Crippen molar-refractivity contribution in [1.82, 2.24) is 9.71 Å². The van der Waals surface area contributed by atoms with Crippen LogP contribution in [-0.4, -0.2) is 19.9 Å². The number of hydrogen-bond donors (Lipinski definition) is 2. The number of hydrogen-bond acceptors (Lipinski definition) is 4. The second-order valence-electron chi connectivity index (χ2n) is 4.33. The molecule has 0 amide bonds. The molecule has 7 heteroatoms. The summed E-state index contributed by atoms with van der Waals surface area (Å²) in [6.07, 6.45) is 1.52. The molecule has 2 rings (SSSR count). The van der Waals surface area contributed by atoms with Gasteiger partial charge in [0.05, 0.1) is 0 Å². The third-order valence-corrected chi connectivity index (χ3v) is 4.22. The van der Waals surface area contributed by atoms with E-state index in [1.807, 2.05) is 6.92 Å². The summed E-state index contributed by atoms with van der Waals surface area (Å²) in [5.74, 6) is -0.0464. The molecule has 0 aliphatic rings. The Bertz CT molecular complexity index is 702. The van der Waals surface area contributed by atoms with Crippen LogP contribution in [0.2, 0.25) is 0 Å². The Kier molecular flexibility index (Phi) is 4.87. The standard InChI is InChI=1S/C14H16FN3O2S/c1-2-16-14-13(4-3-9-17-14)21(19,20)18-10-11-5-7-12(15)8-6-11/h3-9,18H,2,10H2,1H3,(H,16,17). The molecule has 0 radical (unpaired) electrons. The van der Waals surface area contributed by atoms with Gasteiger partial charge in [0.15, 0.2) is 0 Å². The van der Waals surface area contributed by atoms with Crippen LogP contribution in [0.3, 0.4) is 0 Å². The zero-order chi connectivity index (χ0) is 15.3. The monoisotopic (exact) mass is 309 g/mol. The number of sulfonamides is 1. The molecule has 0 spiro atoms. The van der Waals surface area contributed by atoms with Gasteiger partial charge < -0.3 is 5.32 Å². The molecule has 0 saturated carbocycles. The van der Waals surface area contributed by atoms with Crippen LogP contribution in [0.4, 0.5) is 10.2 Å². The summed E-state index contributed by atoms with van der Waals surface area (Å²) in [5.41, 5.74) is 0.675. The van der Waals surface area contributed by atoms with E-state index in [1.54, 1.807) is 6.07 Å². The second kappa shape index (κ2) is 6.64. The predicted octanol–water partition coefficient (Wildman–Crippen LogP) is 2.13. The fourth-order valence-electron chi connectivity index (χ4n) is 1.77. The molecule has 0 bridgehead atoms. The van der Waals surface area contributed by atoms with Crippen molar-refractivity contribution in [3.8, 4) is 0 Å². The second-order valence-corrected chi connectivity index (χ2v) is 6.07. The summed E-state index contributed by atoms with van der Waals surface area (Å²) in [5, 5.41) is 2.91. The maximum absolute atomic E-state index is 12.8. The highest BCUT2D eigenvalue weighted by Crippen LogP contribution is 2.18. The lowest BCUT2D eigenvalue weighted by Crippen LogP contribution is -2.24. The molecule has 0 aliphatic heterocycles. The summed E-state index contributed by atoms with van der Waals surface area (Å²) >= 11 is 0. The van der Waals surface area contributed by atoms with Crippen molar-refractivity contribution in [2.75, 3.05) is 11.9 Å². The third kappa shape index (κ3) is 3.99. The first-order valence-corrected chi connectivity index (χ1v) is 7.94. The minimum absolute atomic E-state index is 0.0864. The summed E-state index contributed by atoms with van der Waals surface area (Å²) in [7, 11) is -3.69. The van der Waals surface area contributed by atoms with E-state index in [9.17, 15) is 12.8 Å². The third-order valence-electron chi connectivity index (χ3n) is 2.78. The van der Waals surface area contributed by atoms with Gasteiger partial charge in [-0.1, -0.05) is 12.1 Å². The van der Waals surface area contributed by atoms with E-state index in [1.165, 1.54) is 36.5 Å². The van der Waals surface area contributed by atoms with Crippen LogP contribution in [0.15, 0.2) is 47.5 Å². The number of pyridine rings is 1. The van der Waals surface area contributed by atoms with Gasteiger partial charge in [-0.3, -0.25) is 0 Å². The van der Waals surface area contributed by atoms with Crippen LogP contribution in [0.1, 0.15) is 12.5 Å². The smallest absolute Gasteiger partial charge is 0.244 e. The van der Waals surface area contributed by atoms with E-state index in [0.29, 0.717) is 17.9 Å². The Morgan fingerprint density at radius 2 is 1.90 bits per heavy atom. The van der Waals surface area contributed by atoms with Crippen LogP contribution in [0.5, 0.6) is 0 Å². The number of nitrogens with zero attached hydrogens (tertiary/aromatic N) is 1. The SMILES string of the molecule is CCNc1ncccc1S(=O)(=O)NCc1ccc(F)cc1. The van der Waals surface area contributed by atoms with E-state index < -0.39 is 10.0 Å². The highest BCUT2D eigenvalue weighted by Gasteiger charge is 2.18. The summed E-state index contributed by atoms with van der Waals surface area (Å²) in [6.45, 7) is 2.51. The fourth-order valence-corrected chi connectivity index (χ4v) is 2.92. The topological polar surface area (TPSA) is 71.1 Å². The van der Waals surface area contributed by atoms with Crippen molar-refractivity contribution in [2.45, 2.75) is 18.4 Å². The number of halogens is 1. The Hall–Kier alpha value is -1.99. The first-order chi connectivity index (χ1) is 10.0. The highest BCUT2D eigenvalue weighted by atomic mass is 32.2. The van der Waals surface area contributed by atoms with Crippen molar-refractivity contribution >= 4 is 15.8 Å². The normalized spacial score (nSPS) is 11.3. The van der Waals surface area contributed by atoms with Gasteiger partial charge in [-0.2, -0.15) is 0 Å². The molecule has 1 aromatic carbocycles. The minimum atomic E-state index is -3.69. The Labute approximate surface area is 123 Å². The first kappa shape index (κ1) is 15.4. The lowest BCUT2D eigenvalue weighted by atomic mass is 10.2. The Balaban J connectivity index is 2.17. The molecule has 0 aliphatic carbocycles. The van der Waals surface area contributed by atoms with Gasteiger partial charge in [-0.25, -0.2) is 22.5 Å². The zero-order valence-corrected chi connectivity index (χ0v) is 12.3. The van der Waals surface area contributed by atoms with Crippen molar-refractivity contribution < 1.29 is 12.8 Å². The van der Waals surface area contributed by atoms with Gasteiger partial charge in [0.25, 0.3) is 0 Å². The van der Waals surface area contributed by atoms with E-state index in [2.05, 4.69) is 15.0 Å². The van der Waals surface area contributed by atoms with Crippen LogP contribution >= 0.6 is 0 Å². The van der Waals surface area contributed by atoms with Gasteiger partial charge in [0.2, 0.25) is 10.0 Å². The first-order valence-electron chi connectivity index (χ1n) is 6.46. The highest BCUT2D eigenvalue weighted by molar-refractivity contribution is 7.89. The Morgan fingerprint density at radius 1 is 1.19 bits per heavy atom. The summed E-state index contributed by atoms with van der Waals surface area (Å²) in [4.78, 5) is 4.11. The molecule has 1 heterocycles. The molecule has 0 saturated heterocycles. The molecule has 2 N–H and O–H groups in total. The molecule has 1 aromatic heterocycles. The molecule has 0 fully saturated rings. The maximum Gasteiger partial charge on any atom is 0.244 e. The number of aromatic nitrogens is 1. The summed E-state index contributed by atoms with van der Waals surface area (Å²) < 4.78 is 39.9. The molecule has 21 heavy (non-hydrogen) atoms. The van der Waals surface area contributed by atoms with Crippen molar-refractivity contribution in [3.63, 3.8) is 0 Å². The number of rotatable bonds is 6. The molecular formula is C14H16FN3O2S. The number of nitrogens with one attached hydrogen (secondary N) is 2. The zero-order valence-electron chi connectivity index (χ0n) is 11.5. The largest absolute Gasteiger partial charge is 0.369 e. The van der Waals surface area contributed by atoms with Gasteiger partial charge in [-0.05, 0) is 36.8 Å². The molecule has 0 atom stereocenters. The minimum Gasteiger partial charge on any atom is -0.369 e. The van der Waals surface area contributed by atoms with Crippen molar-refractivity contribution in [1.29, 1.82) is 0 Å². The quantitative estimate of drug-likeness (QED) is 0.857. The predicted molar refractivity (Wildman–Crippen MR) is 78.8 cm³/mol. The van der Waals surface area contributed by atoms with E-state index in [0.717, 1.165) is 0 Å². The van der Waals surface area contributed by atoms with E-state index >= 15 is 0 Å². The molecule has 2 aromatic rings. The molecule has 5 nitrogen and oxygen atoms in total.